The van der Waals surface area contributed by atoms with E-state index in [9.17, 15) is 10.2 Å². The second kappa shape index (κ2) is 12.1. The maximum absolute atomic E-state index is 9.72. The molecule has 0 saturated carbocycles. The fourth-order valence-corrected chi connectivity index (χ4v) is 2.35. The smallest absolute Gasteiger partial charge is 0.146 e. The molecule has 0 fully saturated rings. The Balaban J connectivity index is 0. The summed E-state index contributed by atoms with van der Waals surface area (Å²) in [6, 6.07) is 0. The van der Waals surface area contributed by atoms with Gasteiger partial charge in [-0.3, -0.25) is 0 Å². The van der Waals surface area contributed by atoms with E-state index >= 15 is 0 Å². The number of hydrogen-bond acceptors (Lipinski definition) is 2. The number of aliphatic hydroxyl groups is 2. The van der Waals surface area contributed by atoms with Gasteiger partial charge in [-0.2, -0.15) is 0 Å². The van der Waals surface area contributed by atoms with E-state index in [4.69, 9.17) is 0 Å². The molecule has 4 heteroatoms. The van der Waals surface area contributed by atoms with Gasteiger partial charge in [-0.1, -0.05) is 51.9 Å². The van der Waals surface area contributed by atoms with Crippen LogP contribution in [0.4, 0.5) is 0 Å². The van der Waals surface area contributed by atoms with Crippen molar-refractivity contribution >= 4 is 0 Å². The Morgan fingerprint density at radius 1 is 0.842 bits per heavy atom. The lowest BCUT2D eigenvalue weighted by molar-refractivity contribution is -0.514. The summed E-state index contributed by atoms with van der Waals surface area (Å²) in [5, 5.41) is 19.4. The van der Waals surface area contributed by atoms with Crippen molar-refractivity contribution in [2.75, 3.05) is 0 Å². The van der Waals surface area contributed by atoms with Crippen LogP contribution in [0.1, 0.15) is 78.6 Å². The van der Waals surface area contributed by atoms with E-state index < -0.39 is 17.7 Å². The summed E-state index contributed by atoms with van der Waals surface area (Å²) >= 11 is 0. The van der Waals surface area contributed by atoms with Crippen molar-refractivity contribution in [2.24, 2.45) is 0 Å². The highest BCUT2D eigenvalue weighted by Crippen LogP contribution is 2.20. The summed E-state index contributed by atoms with van der Waals surface area (Å²) in [7, 11) is 0. The fraction of sp³-hybridized carbons (Fsp3) is 1.00. The number of aliphatic hydroxyl groups excluding tert-OH is 2. The van der Waals surface area contributed by atoms with Gasteiger partial charge in [-0.05, 0) is 20.3 Å². The minimum atomic E-state index is -0.595. The van der Waals surface area contributed by atoms with Gasteiger partial charge in [-0.15, -0.1) is 0 Å². The van der Waals surface area contributed by atoms with E-state index in [-0.39, 0.29) is 17.0 Å². The van der Waals surface area contributed by atoms with Gasteiger partial charge in [0, 0.05) is 6.42 Å². The monoisotopic (exact) mass is 339 g/mol. The minimum absolute atomic E-state index is 0. The third-order valence-electron chi connectivity index (χ3n) is 4.16. The standard InChI is InChI=1S/C15H33NO2.BrH/c1-4-5-6-7-8-9-10-11-12-15(16,13(2)17)14(3)18;/h13-14,17-18H,4-12,16H2,1-3H3;1H. The maximum atomic E-state index is 9.72. The molecule has 0 amide bonds. The third kappa shape index (κ3) is 9.01. The Kier molecular flexibility index (Phi) is 13.8. The van der Waals surface area contributed by atoms with Gasteiger partial charge < -0.3 is 32.9 Å². The number of rotatable bonds is 11. The van der Waals surface area contributed by atoms with Crippen LogP contribution in [0, 0.1) is 0 Å². The average Bonchev–Trinajstić information content (AvgIpc) is 2.31. The quantitative estimate of drug-likeness (QED) is 0.434. The molecule has 0 saturated heterocycles. The largest absolute Gasteiger partial charge is 1.00 e. The summed E-state index contributed by atoms with van der Waals surface area (Å²) in [6.07, 6.45) is 9.86. The maximum Gasteiger partial charge on any atom is 0.146 e. The van der Waals surface area contributed by atoms with Crippen LogP contribution in [0.5, 0.6) is 0 Å². The van der Waals surface area contributed by atoms with Crippen LogP contribution >= 0.6 is 0 Å². The van der Waals surface area contributed by atoms with Gasteiger partial charge in [-0.25, -0.2) is 0 Å². The Hall–Kier alpha value is 0.360. The Labute approximate surface area is 129 Å². The molecule has 0 radical (unpaired) electrons. The summed E-state index contributed by atoms with van der Waals surface area (Å²) < 4.78 is 0. The van der Waals surface area contributed by atoms with Gasteiger partial charge >= 0.3 is 0 Å². The van der Waals surface area contributed by atoms with Gasteiger partial charge in [0.15, 0.2) is 0 Å². The SMILES string of the molecule is CCCCCCCCCCC([NH3+])(C(C)O)C(C)O.[Br-]. The molecule has 0 spiro atoms. The second-order valence-corrected chi connectivity index (χ2v) is 5.81. The van der Waals surface area contributed by atoms with E-state index in [1.165, 1.54) is 44.9 Å². The zero-order valence-electron chi connectivity index (χ0n) is 13.0. The van der Waals surface area contributed by atoms with Crippen LogP contribution in [0.3, 0.4) is 0 Å². The van der Waals surface area contributed by atoms with Crippen LogP contribution in [-0.2, 0) is 0 Å². The molecule has 5 N–H and O–H groups in total. The summed E-state index contributed by atoms with van der Waals surface area (Å²) in [5.74, 6) is 0. The lowest BCUT2D eigenvalue weighted by atomic mass is 9.83. The predicted octanol–water partition coefficient (Wildman–Crippen LogP) is -0.736. The fourth-order valence-electron chi connectivity index (χ4n) is 2.35. The molecule has 0 heterocycles. The Bertz CT molecular complexity index is 191. The van der Waals surface area contributed by atoms with Gasteiger partial charge in [0.1, 0.15) is 17.7 Å². The highest BCUT2D eigenvalue weighted by Gasteiger charge is 2.39. The van der Waals surface area contributed by atoms with Gasteiger partial charge in [0.25, 0.3) is 0 Å². The van der Waals surface area contributed by atoms with Crippen LogP contribution in [0.25, 0.3) is 0 Å². The average molecular weight is 340 g/mol. The molecule has 0 rings (SSSR count). The Morgan fingerprint density at radius 2 is 1.21 bits per heavy atom. The lowest BCUT2D eigenvalue weighted by Gasteiger charge is -2.31. The first-order valence-electron chi connectivity index (χ1n) is 7.66. The molecule has 0 aromatic rings. The van der Waals surface area contributed by atoms with E-state index in [2.05, 4.69) is 12.7 Å². The predicted molar refractivity (Wildman–Crippen MR) is 76.2 cm³/mol. The first-order chi connectivity index (χ1) is 8.45. The molecule has 0 aliphatic heterocycles. The highest BCUT2D eigenvalue weighted by atomic mass is 79.9. The van der Waals surface area contributed by atoms with Crippen molar-refractivity contribution in [1.29, 1.82) is 0 Å². The molecular formula is C15H34BrNO2. The summed E-state index contributed by atoms with van der Waals surface area (Å²) in [4.78, 5) is 0. The first kappa shape index (κ1) is 21.7. The molecule has 0 aliphatic rings. The van der Waals surface area contributed by atoms with E-state index in [1.54, 1.807) is 13.8 Å². The van der Waals surface area contributed by atoms with Crippen molar-refractivity contribution < 1.29 is 32.9 Å². The van der Waals surface area contributed by atoms with Crippen LogP contribution in [-0.4, -0.2) is 28.0 Å². The van der Waals surface area contributed by atoms with E-state index in [0.717, 1.165) is 12.8 Å². The molecule has 0 aromatic heterocycles. The summed E-state index contributed by atoms with van der Waals surface area (Å²) in [6.45, 7) is 5.69. The van der Waals surface area contributed by atoms with Crippen molar-refractivity contribution in [1.82, 2.24) is 0 Å². The topological polar surface area (TPSA) is 68.1 Å². The van der Waals surface area contributed by atoms with Gasteiger partial charge in [0.2, 0.25) is 0 Å². The molecule has 19 heavy (non-hydrogen) atoms. The molecule has 118 valence electrons. The number of unbranched alkanes of at least 4 members (excludes halogenated alkanes) is 7. The highest BCUT2D eigenvalue weighted by molar-refractivity contribution is 4.87. The van der Waals surface area contributed by atoms with E-state index in [1.807, 2.05) is 0 Å². The van der Waals surface area contributed by atoms with Crippen molar-refractivity contribution in [3.05, 3.63) is 0 Å². The molecule has 0 aliphatic carbocycles. The molecule has 0 aromatic carbocycles. The Morgan fingerprint density at radius 3 is 1.58 bits per heavy atom. The van der Waals surface area contributed by atoms with Crippen LogP contribution < -0.4 is 22.7 Å². The number of hydrogen-bond donors (Lipinski definition) is 3. The normalized spacial score (nSPS) is 17.4. The first-order valence-corrected chi connectivity index (χ1v) is 7.66. The molecule has 3 nitrogen and oxygen atoms in total. The zero-order valence-corrected chi connectivity index (χ0v) is 14.6. The van der Waals surface area contributed by atoms with Gasteiger partial charge in [0.05, 0.1) is 0 Å². The third-order valence-corrected chi connectivity index (χ3v) is 4.16. The van der Waals surface area contributed by atoms with Crippen LogP contribution in [0.2, 0.25) is 0 Å². The second-order valence-electron chi connectivity index (χ2n) is 5.81. The van der Waals surface area contributed by atoms with Crippen molar-refractivity contribution in [3.63, 3.8) is 0 Å². The van der Waals surface area contributed by atoms with Crippen LogP contribution in [0.15, 0.2) is 0 Å². The molecule has 2 unspecified atom stereocenters. The van der Waals surface area contributed by atoms with Crippen molar-refractivity contribution in [3.8, 4) is 0 Å². The minimum Gasteiger partial charge on any atom is -1.00 e. The zero-order chi connectivity index (χ0) is 14.0. The molecular weight excluding hydrogens is 306 g/mol. The number of halogens is 1. The lowest BCUT2D eigenvalue weighted by Crippen LogP contribution is -3.00. The summed E-state index contributed by atoms with van der Waals surface area (Å²) in [5.41, 5.74) is 3.43. The van der Waals surface area contributed by atoms with Crippen molar-refractivity contribution in [2.45, 2.75) is 96.3 Å². The van der Waals surface area contributed by atoms with E-state index in [0.29, 0.717) is 0 Å². The number of quaternary nitrogens is 1. The molecule has 2 atom stereocenters. The molecule has 0 bridgehead atoms.